The number of fused-ring (bicyclic) bond motifs is 7. The number of phenols is 1. The van der Waals surface area contributed by atoms with Crippen LogP contribution >= 0.6 is 0 Å². The summed E-state index contributed by atoms with van der Waals surface area (Å²) < 4.78 is 0. The number of aromatic hydroxyl groups is 1. The quantitative estimate of drug-likeness (QED) is 0.240. The van der Waals surface area contributed by atoms with Crippen LogP contribution in [0.3, 0.4) is 0 Å². The van der Waals surface area contributed by atoms with Gasteiger partial charge in [0, 0.05) is 10.8 Å². The van der Waals surface area contributed by atoms with Gasteiger partial charge in [0.25, 0.3) is 0 Å². The predicted molar refractivity (Wildman–Crippen MR) is 170 cm³/mol. The number of phenolic OH excluding ortho intramolecular Hbond substituents is 1. The number of hydrogen-bond acceptors (Lipinski definition) is 2. The van der Waals surface area contributed by atoms with Gasteiger partial charge < -0.3 is 10.2 Å². The van der Waals surface area contributed by atoms with Crippen LogP contribution in [0.25, 0.3) is 44.2 Å². The van der Waals surface area contributed by atoms with Gasteiger partial charge in [-0.05, 0) is 104 Å². The van der Waals surface area contributed by atoms with Crippen molar-refractivity contribution in [2.75, 3.05) is 0 Å². The van der Waals surface area contributed by atoms with Gasteiger partial charge in [-0.25, -0.2) is 0 Å². The molecule has 2 aliphatic carbocycles. The van der Waals surface area contributed by atoms with Gasteiger partial charge >= 0.3 is 0 Å². The predicted octanol–water partition coefficient (Wildman–Crippen LogP) is 9.87. The van der Waals surface area contributed by atoms with Crippen molar-refractivity contribution in [3.05, 3.63) is 114 Å². The maximum atomic E-state index is 11.7. The molecule has 1 fully saturated rings. The summed E-state index contributed by atoms with van der Waals surface area (Å²) in [5, 5.41) is 24.1. The average molecular weight is 539 g/mol. The van der Waals surface area contributed by atoms with Crippen molar-refractivity contribution in [3.63, 3.8) is 0 Å². The molecule has 1 saturated carbocycles. The van der Waals surface area contributed by atoms with Gasteiger partial charge in [0.1, 0.15) is 5.75 Å². The molecule has 0 aromatic heterocycles. The molecule has 0 saturated heterocycles. The Kier molecular flexibility index (Phi) is 5.76. The monoisotopic (exact) mass is 538 g/mol. The SMILES string of the molecule is CC1(C)CC(C)(C)CC2(C1)c1ccccc1-c1c2cc(O)c2cc(-c3ccc(-c4ccccc4)cc3)c(CO)cc12. The molecule has 0 amide bonds. The van der Waals surface area contributed by atoms with Gasteiger partial charge in [0.15, 0.2) is 0 Å². The molecule has 0 radical (unpaired) electrons. The third-order valence-corrected chi connectivity index (χ3v) is 9.56. The Morgan fingerprint density at radius 1 is 0.585 bits per heavy atom. The maximum Gasteiger partial charge on any atom is 0.123 e. The second-order valence-corrected chi connectivity index (χ2v) is 14.0. The zero-order valence-electron chi connectivity index (χ0n) is 24.5. The Labute approximate surface area is 243 Å². The molecule has 0 atom stereocenters. The Bertz CT molecular complexity index is 1780. The molecular weight excluding hydrogens is 500 g/mol. The van der Waals surface area contributed by atoms with Crippen molar-refractivity contribution < 1.29 is 10.2 Å². The summed E-state index contributed by atoms with van der Waals surface area (Å²) in [6.07, 6.45) is 3.29. The molecule has 0 heterocycles. The highest BCUT2D eigenvalue weighted by molar-refractivity contribution is 6.07. The average Bonchev–Trinajstić information content (AvgIpc) is 3.19. The van der Waals surface area contributed by atoms with Crippen LogP contribution in [0.1, 0.15) is 63.6 Å². The number of hydrogen-bond donors (Lipinski definition) is 2. The van der Waals surface area contributed by atoms with Gasteiger partial charge in [-0.3, -0.25) is 0 Å². The molecule has 0 aliphatic heterocycles. The highest BCUT2D eigenvalue weighted by Crippen LogP contribution is 2.64. The van der Waals surface area contributed by atoms with Crippen LogP contribution < -0.4 is 0 Å². The molecule has 2 nitrogen and oxygen atoms in total. The molecule has 2 N–H and O–H groups in total. The summed E-state index contributed by atoms with van der Waals surface area (Å²) in [5.41, 5.74) is 10.5. The van der Waals surface area contributed by atoms with Crippen LogP contribution in [0.5, 0.6) is 5.75 Å². The standard InChI is InChI=1S/C39H38O2/c1-37(2)22-38(3,4)24-39(23-37)33-13-9-8-12-29(33)36-32-18-28(21-40)30(19-31(32)35(41)20-34(36)39)27-16-14-26(15-17-27)25-10-6-5-7-11-25/h5-20,40-41H,21-24H2,1-4H3. The smallest absolute Gasteiger partial charge is 0.123 e. The largest absolute Gasteiger partial charge is 0.507 e. The zero-order chi connectivity index (χ0) is 28.6. The van der Waals surface area contributed by atoms with E-state index in [1.54, 1.807) is 0 Å². The first-order chi connectivity index (χ1) is 19.6. The van der Waals surface area contributed by atoms with Crippen LogP contribution in [-0.2, 0) is 12.0 Å². The van der Waals surface area contributed by atoms with Crippen LogP contribution in [0.15, 0.2) is 97.1 Å². The van der Waals surface area contributed by atoms with E-state index in [4.69, 9.17) is 0 Å². The van der Waals surface area contributed by atoms with E-state index >= 15 is 0 Å². The minimum absolute atomic E-state index is 0.0665. The normalized spacial score (nSPS) is 17.9. The first-order valence-corrected chi connectivity index (χ1v) is 14.8. The first kappa shape index (κ1) is 26.0. The molecule has 206 valence electrons. The van der Waals surface area contributed by atoms with Crippen molar-refractivity contribution in [1.29, 1.82) is 0 Å². The van der Waals surface area contributed by atoms with Crippen molar-refractivity contribution >= 4 is 10.8 Å². The summed E-state index contributed by atoms with van der Waals surface area (Å²) in [5.74, 6) is 0.318. The summed E-state index contributed by atoms with van der Waals surface area (Å²) >= 11 is 0. The second-order valence-electron chi connectivity index (χ2n) is 14.0. The zero-order valence-corrected chi connectivity index (χ0v) is 24.5. The van der Waals surface area contributed by atoms with Gasteiger partial charge in [0.05, 0.1) is 6.61 Å². The van der Waals surface area contributed by atoms with E-state index in [0.717, 1.165) is 45.9 Å². The fraction of sp³-hybridized carbons (Fsp3) is 0.282. The van der Waals surface area contributed by atoms with Crippen LogP contribution in [0, 0.1) is 10.8 Å². The Morgan fingerprint density at radius 3 is 1.88 bits per heavy atom. The summed E-state index contributed by atoms with van der Waals surface area (Å²) in [4.78, 5) is 0. The van der Waals surface area contributed by atoms with Crippen LogP contribution in [0.4, 0.5) is 0 Å². The lowest BCUT2D eigenvalue weighted by atomic mass is 9.52. The Hall–Kier alpha value is -3.88. The highest BCUT2D eigenvalue weighted by atomic mass is 16.3. The summed E-state index contributed by atoms with van der Waals surface area (Å²) in [7, 11) is 0. The first-order valence-electron chi connectivity index (χ1n) is 14.8. The van der Waals surface area contributed by atoms with Gasteiger partial charge in [0.2, 0.25) is 0 Å². The van der Waals surface area contributed by atoms with E-state index in [0.29, 0.717) is 5.75 Å². The van der Waals surface area contributed by atoms with E-state index in [9.17, 15) is 10.2 Å². The molecule has 1 spiro atoms. The van der Waals surface area contributed by atoms with Gasteiger partial charge in [-0.2, -0.15) is 0 Å². The summed E-state index contributed by atoms with van der Waals surface area (Å²) in [6, 6.07) is 34.0. The van der Waals surface area contributed by atoms with E-state index in [1.165, 1.54) is 34.2 Å². The molecule has 0 unspecified atom stereocenters. The minimum Gasteiger partial charge on any atom is -0.507 e. The van der Waals surface area contributed by atoms with Crippen LogP contribution in [0.2, 0.25) is 0 Å². The lowest BCUT2D eigenvalue weighted by Gasteiger charge is -2.51. The van der Waals surface area contributed by atoms with E-state index in [2.05, 4.69) is 119 Å². The molecule has 7 rings (SSSR count). The molecule has 5 aromatic rings. The van der Waals surface area contributed by atoms with Crippen molar-refractivity contribution in [2.45, 2.75) is 59.0 Å². The maximum absolute atomic E-state index is 11.7. The van der Waals surface area contributed by atoms with Crippen molar-refractivity contribution in [3.8, 4) is 39.1 Å². The van der Waals surface area contributed by atoms with E-state index in [1.807, 2.05) is 6.07 Å². The molecule has 2 aliphatic rings. The van der Waals surface area contributed by atoms with E-state index in [-0.39, 0.29) is 22.9 Å². The van der Waals surface area contributed by atoms with Gasteiger partial charge in [-0.1, -0.05) is 107 Å². The number of aliphatic hydroxyl groups is 1. The van der Waals surface area contributed by atoms with Crippen molar-refractivity contribution in [2.24, 2.45) is 10.8 Å². The molecule has 5 aromatic carbocycles. The van der Waals surface area contributed by atoms with Crippen molar-refractivity contribution in [1.82, 2.24) is 0 Å². The Morgan fingerprint density at radius 2 is 1.20 bits per heavy atom. The molecule has 41 heavy (non-hydrogen) atoms. The number of rotatable bonds is 3. The molecule has 0 bridgehead atoms. The third kappa shape index (κ3) is 4.11. The molecule has 2 heteroatoms. The number of aliphatic hydroxyl groups excluding tert-OH is 1. The summed E-state index contributed by atoms with van der Waals surface area (Å²) in [6.45, 7) is 9.53. The fourth-order valence-corrected chi connectivity index (χ4v) is 8.80. The number of benzene rings is 5. The minimum atomic E-state index is -0.145. The van der Waals surface area contributed by atoms with Gasteiger partial charge in [-0.15, -0.1) is 0 Å². The second kappa shape index (κ2) is 9.06. The topological polar surface area (TPSA) is 40.5 Å². The Balaban J connectivity index is 1.44. The van der Waals surface area contributed by atoms with Crippen LogP contribution in [-0.4, -0.2) is 10.2 Å². The lowest BCUT2D eigenvalue weighted by Crippen LogP contribution is -2.43. The fourth-order valence-electron chi connectivity index (χ4n) is 8.80. The highest BCUT2D eigenvalue weighted by Gasteiger charge is 2.53. The van der Waals surface area contributed by atoms with E-state index < -0.39 is 0 Å². The lowest BCUT2D eigenvalue weighted by molar-refractivity contribution is 0.0645. The molecular formula is C39H38O2. The third-order valence-electron chi connectivity index (χ3n) is 9.56.